The Labute approximate surface area is 813 Å². The standard InChI is InChI=1S/C27H22ClN3OS2.C27H25ClN2OS2.C26H22Cl2N2OS2.C21H20ClN3O2S2/c1-32-21-9-6-19(7-10-21)26-25-22(23-14-20(28)8-11-24(23)30-25)12-13-31(26)27(33)34-16-18-4-2-17(15-29)3-5-18;1-17-3-5-18(6-4-17)16-33-27(32)30-14-13-22-23-15-20(28)9-12-24(23)29-25(22)26(30)19-7-10-21(31-2)11-8-19;1-31-19-9-6-16(7-10-19)25-24-20(21-14-18(27)8-11-23(21)29-24)12-13-30(25)26(32)33-15-17-4-2-3-5-22(17)28;1-27-14-5-2-12(3-6-14)20-19-15(16-10-13(22)4-7-17(16)24-19)8-9-25(20)21(28)29-11-18(23)26/h2-11,14,26,30H,12-13,16H2,1H3;3-12,15,26,29H,13-14,16H2,1-2H3;2-11,14,25,29H,12-13,15H2,1H3;2-7,10,20,24H,8-9,11H2,1H3,(H2,23,26). The van der Waals surface area contributed by atoms with Gasteiger partial charge in [0.1, 0.15) is 40.3 Å². The number of H-pyrrole nitrogens is 4. The summed E-state index contributed by atoms with van der Waals surface area (Å²) in [4.78, 5) is 35.0. The van der Waals surface area contributed by atoms with Crippen molar-refractivity contribution in [2.24, 2.45) is 5.73 Å². The Morgan fingerprint density at radius 1 is 0.395 bits per heavy atom. The topological polar surface area (TPSA) is 180 Å². The third-order valence-corrected chi connectivity index (χ3v) is 31.0. The number of hydrogen-bond acceptors (Lipinski definition) is 14. The SMILES string of the molecule is COc1ccc(C2c3[nH]c4ccc(Cl)cc4c3CCN2C(=S)SCC(N)=O)cc1.COc1ccc(C2c3[nH]c4ccc(Cl)cc4c3CCN2C(=S)SCc2ccc(C#N)cc2)cc1.COc1ccc(C2c3[nH]c4ccc(Cl)cc4c3CCN2C(=S)SCc2ccc(C)cc2)cc1.COc1ccc(C2c3[nH]c4ccc(Cl)cc4c3CCN2C(=S)SCc2ccccc2Cl)cc1. The Morgan fingerprint density at radius 2 is 0.682 bits per heavy atom. The number of nitrogens with two attached hydrogens (primary N) is 1. The summed E-state index contributed by atoms with van der Waals surface area (Å²) in [7, 11) is 6.70. The van der Waals surface area contributed by atoms with Crippen LogP contribution >= 0.6 is 154 Å². The molecule has 4 aromatic heterocycles. The minimum atomic E-state index is -0.378. The number of thiocarbonyl (C=S) groups is 4. The van der Waals surface area contributed by atoms with Gasteiger partial charge in [-0.05, 0) is 233 Å². The monoisotopic (exact) mass is 1950 g/mol. The van der Waals surface area contributed by atoms with E-state index >= 15 is 0 Å². The number of ether oxygens (including phenoxy) is 4. The molecule has 656 valence electrons. The van der Waals surface area contributed by atoms with Gasteiger partial charge >= 0.3 is 0 Å². The largest absolute Gasteiger partial charge is 0.497 e. The molecule has 4 unspecified atom stereocenters. The van der Waals surface area contributed by atoms with Gasteiger partial charge in [0.05, 0.1) is 70.0 Å². The van der Waals surface area contributed by atoms with Crippen LogP contribution in [0.2, 0.25) is 25.1 Å². The van der Waals surface area contributed by atoms with Crippen molar-refractivity contribution in [3.8, 4) is 29.1 Å². The van der Waals surface area contributed by atoms with E-state index in [0.717, 1.165) is 197 Å². The number of nitrogens with zero attached hydrogens (tertiary/aromatic N) is 5. The summed E-state index contributed by atoms with van der Waals surface area (Å²) in [5.41, 5.74) is 29.5. The zero-order valence-electron chi connectivity index (χ0n) is 70.9. The highest BCUT2D eigenvalue weighted by atomic mass is 35.5. The molecule has 0 saturated heterocycles. The number of carbonyl (C=O) groups is 1. The maximum Gasteiger partial charge on any atom is 0.227 e. The highest BCUT2D eigenvalue weighted by Crippen LogP contribution is 2.47. The number of methoxy groups -OCH3 is 4. The van der Waals surface area contributed by atoms with E-state index in [1.54, 1.807) is 63.7 Å². The molecule has 0 saturated carbocycles. The van der Waals surface area contributed by atoms with Crippen LogP contribution in [0.1, 0.15) is 119 Å². The van der Waals surface area contributed by atoms with Crippen molar-refractivity contribution < 1.29 is 23.7 Å². The number of rotatable bonds is 16. The van der Waals surface area contributed by atoms with Crippen molar-refractivity contribution in [3.05, 3.63) is 363 Å². The third-order valence-electron chi connectivity index (χ3n) is 23.6. The highest BCUT2D eigenvalue weighted by molar-refractivity contribution is 8.23. The van der Waals surface area contributed by atoms with Crippen LogP contribution in [0.15, 0.2) is 243 Å². The summed E-state index contributed by atoms with van der Waals surface area (Å²) in [5.74, 6) is 5.45. The lowest BCUT2D eigenvalue weighted by atomic mass is 9.93. The molecule has 0 radical (unpaired) electrons. The van der Waals surface area contributed by atoms with Crippen molar-refractivity contribution in [2.45, 2.75) is 74.0 Å². The molecule has 15 nitrogen and oxygen atoms in total. The van der Waals surface area contributed by atoms with Gasteiger partial charge in [0, 0.05) is 135 Å². The number of fused-ring (bicyclic) bond motifs is 12. The number of amides is 1. The molecule has 129 heavy (non-hydrogen) atoms. The van der Waals surface area contributed by atoms with Crippen LogP contribution in [0.25, 0.3) is 43.6 Å². The Balaban J connectivity index is 0.000000126. The van der Waals surface area contributed by atoms with Crippen LogP contribution in [0.5, 0.6) is 23.0 Å². The van der Waals surface area contributed by atoms with E-state index in [1.165, 1.54) is 78.3 Å². The smallest absolute Gasteiger partial charge is 0.227 e. The highest BCUT2D eigenvalue weighted by Gasteiger charge is 2.39. The summed E-state index contributed by atoms with van der Waals surface area (Å²) < 4.78 is 24.7. The van der Waals surface area contributed by atoms with Gasteiger partial charge in [0.15, 0.2) is 0 Å². The van der Waals surface area contributed by atoms with E-state index in [2.05, 4.69) is 144 Å². The number of benzene rings is 11. The Bertz CT molecular complexity index is 6690. The van der Waals surface area contributed by atoms with Crippen molar-refractivity contribution in [2.75, 3.05) is 60.4 Å². The van der Waals surface area contributed by atoms with E-state index in [9.17, 15) is 4.79 Å². The van der Waals surface area contributed by atoms with Crippen LogP contribution in [-0.4, -0.2) is 123 Å². The minimum absolute atomic E-state index is 0.0166. The number of primary amides is 1. The molecule has 28 heteroatoms. The number of halogens is 5. The summed E-state index contributed by atoms with van der Waals surface area (Å²) >= 11 is 61.5. The zero-order chi connectivity index (χ0) is 90.1. The summed E-state index contributed by atoms with van der Waals surface area (Å²) in [6, 6.07) is 83.1. The van der Waals surface area contributed by atoms with Gasteiger partial charge in [-0.3, -0.25) is 4.79 Å². The van der Waals surface area contributed by atoms with Gasteiger partial charge in [0.25, 0.3) is 0 Å². The second-order valence-corrected chi connectivity index (χ2v) is 40.0. The molecular weight excluding hydrogens is 1870 g/mol. The van der Waals surface area contributed by atoms with Crippen molar-refractivity contribution in [1.29, 1.82) is 5.26 Å². The molecular formula is C101H89Cl5N10O5S8. The molecule has 1 amide bonds. The first-order chi connectivity index (χ1) is 62.6. The molecule has 4 atom stereocenters. The van der Waals surface area contributed by atoms with Crippen molar-refractivity contribution in [1.82, 2.24) is 39.5 Å². The molecule has 15 aromatic rings. The molecule has 19 rings (SSSR count). The maximum atomic E-state index is 11.2. The number of aromatic nitrogens is 4. The fourth-order valence-electron chi connectivity index (χ4n) is 17.2. The summed E-state index contributed by atoms with van der Waals surface area (Å²) in [6.45, 7) is 5.37. The van der Waals surface area contributed by atoms with E-state index in [0.29, 0.717) is 9.88 Å². The molecule has 6 N–H and O–H groups in total. The minimum Gasteiger partial charge on any atom is -0.497 e. The molecule has 0 fully saturated rings. The normalized spacial score (nSPS) is 15.5. The number of hydrogen-bond donors (Lipinski definition) is 5. The van der Waals surface area contributed by atoms with E-state index < -0.39 is 0 Å². The van der Waals surface area contributed by atoms with Crippen LogP contribution < -0.4 is 24.7 Å². The van der Waals surface area contributed by atoms with Gasteiger partial charge in [0.2, 0.25) is 5.91 Å². The molecule has 0 spiro atoms. The average molecular weight is 1960 g/mol. The first-order valence-electron chi connectivity index (χ1n) is 41.7. The average Bonchev–Trinajstić information content (AvgIpc) is 1.63. The van der Waals surface area contributed by atoms with E-state index in [1.807, 2.05) is 152 Å². The van der Waals surface area contributed by atoms with Gasteiger partial charge in [-0.15, -0.1) is 0 Å². The Kier molecular flexibility index (Phi) is 30.2. The van der Waals surface area contributed by atoms with Gasteiger partial charge in [-0.1, -0.05) is 263 Å². The first kappa shape index (κ1) is 92.4. The van der Waals surface area contributed by atoms with E-state index in [-0.39, 0.29) is 35.8 Å². The lowest BCUT2D eigenvalue weighted by molar-refractivity contribution is -0.115. The first-order valence-corrected chi connectivity index (χ1v) is 49.2. The third kappa shape index (κ3) is 21.1. The lowest BCUT2D eigenvalue weighted by Gasteiger charge is -2.37. The molecule has 8 heterocycles. The Morgan fingerprint density at radius 3 is 0.969 bits per heavy atom. The van der Waals surface area contributed by atoms with Gasteiger partial charge in [-0.25, -0.2) is 0 Å². The maximum absolute atomic E-state index is 11.2. The second-order valence-electron chi connectivity index (χ2n) is 31.4. The van der Waals surface area contributed by atoms with Crippen molar-refractivity contribution in [3.63, 3.8) is 0 Å². The summed E-state index contributed by atoms with van der Waals surface area (Å²) in [5, 5.41) is 17.5. The predicted octanol–water partition coefficient (Wildman–Crippen LogP) is 26.1. The van der Waals surface area contributed by atoms with Crippen LogP contribution in [0.4, 0.5) is 0 Å². The Hall–Kier alpha value is -9.85. The molecule has 11 aromatic carbocycles. The predicted molar refractivity (Wildman–Crippen MR) is 554 cm³/mol. The molecule has 4 aliphatic heterocycles. The zero-order valence-corrected chi connectivity index (χ0v) is 81.2. The number of nitrogens with one attached hydrogen (secondary N) is 4. The van der Waals surface area contributed by atoms with Crippen LogP contribution in [0.3, 0.4) is 0 Å². The molecule has 0 aliphatic carbocycles. The lowest BCUT2D eigenvalue weighted by Crippen LogP contribution is -2.39. The van der Waals surface area contributed by atoms with Gasteiger partial charge < -0.3 is 64.2 Å². The van der Waals surface area contributed by atoms with E-state index in [4.69, 9.17) is 137 Å². The number of nitriles is 1. The number of aryl methyl sites for hydroxylation is 1. The number of aromatic amines is 4. The van der Waals surface area contributed by atoms with Crippen LogP contribution in [-0.2, 0) is 47.7 Å². The fraction of sp³-hybridized carbons (Fsp3) is 0.208. The summed E-state index contributed by atoms with van der Waals surface area (Å²) in [6.07, 6.45) is 3.54. The quantitative estimate of drug-likeness (QED) is 0.0576. The number of thioether (sulfide) groups is 4. The van der Waals surface area contributed by atoms with Crippen molar-refractivity contribution >= 4 is 221 Å². The molecule has 4 aliphatic rings. The number of carbonyl (C=O) groups excluding carboxylic acids is 1. The fourth-order valence-corrected chi connectivity index (χ4v) is 22.9. The molecule has 0 bridgehead atoms. The van der Waals surface area contributed by atoms with Crippen LogP contribution in [0, 0.1) is 18.3 Å². The van der Waals surface area contributed by atoms with Gasteiger partial charge in [-0.2, -0.15) is 5.26 Å². The second kappa shape index (κ2) is 42.1.